The van der Waals surface area contributed by atoms with Gasteiger partial charge in [-0.05, 0) is 23.8 Å². The van der Waals surface area contributed by atoms with Gasteiger partial charge in [-0.3, -0.25) is 0 Å². The molecule has 0 amide bonds. The van der Waals surface area contributed by atoms with E-state index < -0.39 is 0 Å². The quantitative estimate of drug-likeness (QED) is 0.785. The van der Waals surface area contributed by atoms with E-state index in [1.54, 1.807) is 0 Å². The Bertz CT molecular complexity index is 347. The maximum atomic E-state index is 5.64. The summed E-state index contributed by atoms with van der Waals surface area (Å²) in [7, 11) is 0. The first-order valence-corrected chi connectivity index (χ1v) is 5.01. The van der Waals surface area contributed by atoms with Crippen molar-refractivity contribution in [1.82, 2.24) is 5.32 Å². The van der Waals surface area contributed by atoms with Gasteiger partial charge < -0.3 is 11.1 Å². The van der Waals surface area contributed by atoms with Gasteiger partial charge in [-0.25, -0.2) is 0 Å². The van der Waals surface area contributed by atoms with Crippen molar-refractivity contribution in [3.63, 3.8) is 0 Å². The Balaban J connectivity index is 2.26. The summed E-state index contributed by atoms with van der Waals surface area (Å²) in [6.07, 6.45) is 2.06. The molecule has 1 aliphatic heterocycles. The van der Waals surface area contributed by atoms with Crippen molar-refractivity contribution >= 4 is 15.9 Å². The minimum absolute atomic E-state index is 0.414. The van der Waals surface area contributed by atoms with E-state index in [9.17, 15) is 0 Å². The Labute approximate surface area is 86.0 Å². The summed E-state index contributed by atoms with van der Waals surface area (Å²) in [6, 6.07) is 8.31. The van der Waals surface area contributed by atoms with Crippen LogP contribution < -0.4 is 11.1 Å². The SMILES string of the molecule is NC1=CC(c2cccc(Br)c2)CN1. The van der Waals surface area contributed by atoms with E-state index in [2.05, 4.69) is 39.5 Å². The van der Waals surface area contributed by atoms with E-state index in [4.69, 9.17) is 5.73 Å². The molecule has 0 saturated heterocycles. The van der Waals surface area contributed by atoms with Crippen LogP contribution >= 0.6 is 15.9 Å². The maximum Gasteiger partial charge on any atom is 0.0926 e. The number of hydrogen-bond acceptors (Lipinski definition) is 2. The first-order chi connectivity index (χ1) is 6.25. The molecule has 2 nitrogen and oxygen atoms in total. The summed E-state index contributed by atoms with van der Waals surface area (Å²) in [5.41, 5.74) is 6.93. The van der Waals surface area contributed by atoms with Gasteiger partial charge in [0.1, 0.15) is 0 Å². The van der Waals surface area contributed by atoms with Gasteiger partial charge in [-0.2, -0.15) is 0 Å². The molecule has 1 heterocycles. The van der Waals surface area contributed by atoms with Crippen LogP contribution in [0.3, 0.4) is 0 Å². The standard InChI is InChI=1S/C10H11BrN2/c11-9-3-1-2-7(4-9)8-5-10(12)13-6-8/h1-5,8,13H,6,12H2. The Hall–Kier alpha value is -0.960. The molecule has 1 atom stereocenters. The van der Waals surface area contributed by atoms with Gasteiger partial charge in [0.15, 0.2) is 0 Å². The van der Waals surface area contributed by atoms with Crippen LogP contribution in [0.4, 0.5) is 0 Å². The fourth-order valence-electron chi connectivity index (χ4n) is 1.51. The van der Waals surface area contributed by atoms with Crippen molar-refractivity contribution in [1.29, 1.82) is 0 Å². The van der Waals surface area contributed by atoms with Crippen molar-refractivity contribution in [3.05, 3.63) is 46.2 Å². The fourth-order valence-corrected chi connectivity index (χ4v) is 1.93. The predicted molar refractivity (Wildman–Crippen MR) is 57.2 cm³/mol. The monoisotopic (exact) mass is 238 g/mol. The topological polar surface area (TPSA) is 38.0 Å². The average molecular weight is 239 g/mol. The van der Waals surface area contributed by atoms with Crippen molar-refractivity contribution in [2.45, 2.75) is 5.92 Å². The average Bonchev–Trinajstić information content (AvgIpc) is 2.52. The smallest absolute Gasteiger partial charge is 0.0926 e. The predicted octanol–water partition coefficient (Wildman–Crippen LogP) is 1.94. The summed E-state index contributed by atoms with van der Waals surface area (Å²) >= 11 is 3.45. The third-order valence-electron chi connectivity index (χ3n) is 2.18. The zero-order chi connectivity index (χ0) is 9.26. The number of nitrogens with two attached hydrogens (primary N) is 1. The minimum atomic E-state index is 0.414. The molecule has 0 aromatic heterocycles. The third-order valence-corrected chi connectivity index (χ3v) is 2.68. The molecule has 13 heavy (non-hydrogen) atoms. The van der Waals surface area contributed by atoms with Crippen LogP contribution in [0, 0.1) is 0 Å². The molecular formula is C10H11BrN2. The lowest BCUT2D eigenvalue weighted by Crippen LogP contribution is -2.15. The Morgan fingerprint density at radius 3 is 2.92 bits per heavy atom. The first kappa shape index (κ1) is 8.63. The molecule has 1 aliphatic rings. The van der Waals surface area contributed by atoms with Crippen molar-refractivity contribution in [2.75, 3.05) is 6.54 Å². The number of nitrogens with one attached hydrogen (secondary N) is 1. The molecule has 0 radical (unpaired) electrons. The fraction of sp³-hybridized carbons (Fsp3) is 0.200. The highest BCUT2D eigenvalue weighted by Gasteiger charge is 2.14. The van der Waals surface area contributed by atoms with Gasteiger partial charge >= 0.3 is 0 Å². The van der Waals surface area contributed by atoms with Crippen molar-refractivity contribution in [3.8, 4) is 0 Å². The number of rotatable bonds is 1. The van der Waals surface area contributed by atoms with Crippen LogP contribution in [-0.4, -0.2) is 6.54 Å². The van der Waals surface area contributed by atoms with Gasteiger partial charge in [-0.15, -0.1) is 0 Å². The van der Waals surface area contributed by atoms with Gasteiger partial charge in [-0.1, -0.05) is 28.1 Å². The summed E-state index contributed by atoms with van der Waals surface area (Å²) in [6.45, 7) is 0.905. The second-order valence-corrected chi connectivity index (χ2v) is 4.08. The Kier molecular flexibility index (Phi) is 2.27. The van der Waals surface area contributed by atoms with Crippen LogP contribution in [-0.2, 0) is 0 Å². The lowest BCUT2D eigenvalue weighted by molar-refractivity contribution is 0.791. The first-order valence-electron chi connectivity index (χ1n) is 4.22. The molecule has 0 saturated carbocycles. The molecule has 0 bridgehead atoms. The second kappa shape index (κ2) is 3.42. The summed E-state index contributed by atoms with van der Waals surface area (Å²) in [5, 5.41) is 3.11. The van der Waals surface area contributed by atoms with Crippen LogP contribution in [0.1, 0.15) is 11.5 Å². The van der Waals surface area contributed by atoms with Crippen LogP contribution in [0.2, 0.25) is 0 Å². The zero-order valence-electron chi connectivity index (χ0n) is 7.13. The minimum Gasteiger partial charge on any atom is -0.386 e. The lowest BCUT2D eigenvalue weighted by atomic mass is 10.0. The lowest BCUT2D eigenvalue weighted by Gasteiger charge is -2.06. The highest BCUT2D eigenvalue weighted by Crippen LogP contribution is 2.23. The molecule has 3 heteroatoms. The molecule has 0 spiro atoms. The van der Waals surface area contributed by atoms with E-state index >= 15 is 0 Å². The summed E-state index contributed by atoms with van der Waals surface area (Å²) in [5.74, 6) is 1.20. The van der Waals surface area contributed by atoms with E-state index in [1.165, 1.54) is 5.56 Å². The van der Waals surface area contributed by atoms with Gasteiger partial charge in [0, 0.05) is 16.9 Å². The van der Waals surface area contributed by atoms with E-state index in [-0.39, 0.29) is 0 Å². The van der Waals surface area contributed by atoms with Gasteiger partial charge in [0.2, 0.25) is 0 Å². The number of halogens is 1. The van der Waals surface area contributed by atoms with Crippen LogP contribution in [0.25, 0.3) is 0 Å². The Morgan fingerprint density at radius 1 is 1.46 bits per heavy atom. The molecular weight excluding hydrogens is 228 g/mol. The normalized spacial score (nSPS) is 21.0. The van der Waals surface area contributed by atoms with Crippen molar-refractivity contribution < 1.29 is 0 Å². The molecule has 68 valence electrons. The van der Waals surface area contributed by atoms with Crippen LogP contribution in [0.15, 0.2) is 40.6 Å². The Morgan fingerprint density at radius 2 is 2.31 bits per heavy atom. The van der Waals surface area contributed by atoms with Crippen LogP contribution in [0.5, 0.6) is 0 Å². The van der Waals surface area contributed by atoms with Gasteiger partial charge in [0.05, 0.1) is 5.82 Å². The number of benzene rings is 1. The van der Waals surface area contributed by atoms with E-state index in [1.807, 2.05) is 12.1 Å². The molecule has 3 N–H and O–H groups in total. The van der Waals surface area contributed by atoms with E-state index in [0.717, 1.165) is 16.8 Å². The maximum absolute atomic E-state index is 5.64. The largest absolute Gasteiger partial charge is 0.386 e. The molecule has 1 unspecified atom stereocenters. The summed E-state index contributed by atoms with van der Waals surface area (Å²) < 4.78 is 1.11. The van der Waals surface area contributed by atoms with E-state index in [0.29, 0.717) is 5.92 Å². The highest BCUT2D eigenvalue weighted by molar-refractivity contribution is 9.10. The molecule has 0 fully saturated rings. The highest BCUT2D eigenvalue weighted by atomic mass is 79.9. The molecule has 1 aromatic rings. The molecule has 1 aromatic carbocycles. The second-order valence-electron chi connectivity index (χ2n) is 3.16. The number of hydrogen-bond donors (Lipinski definition) is 2. The molecule has 2 rings (SSSR count). The van der Waals surface area contributed by atoms with Gasteiger partial charge in [0.25, 0.3) is 0 Å². The zero-order valence-corrected chi connectivity index (χ0v) is 8.71. The van der Waals surface area contributed by atoms with Crippen molar-refractivity contribution in [2.24, 2.45) is 5.73 Å². The third kappa shape index (κ3) is 1.86. The molecule has 0 aliphatic carbocycles. The summed E-state index contributed by atoms with van der Waals surface area (Å²) in [4.78, 5) is 0.